The van der Waals surface area contributed by atoms with Gasteiger partial charge >= 0.3 is 0 Å². The van der Waals surface area contributed by atoms with Gasteiger partial charge in [-0.2, -0.15) is 8.42 Å². The molecular weight excluding hydrogens is 232 g/mol. The van der Waals surface area contributed by atoms with Crippen LogP contribution in [0.3, 0.4) is 0 Å². The van der Waals surface area contributed by atoms with Gasteiger partial charge in [0.25, 0.3) is 16.1 Å². The molecule has 0 amide bonds. The molecule has 5 nitrogen and oxygen atoms in total. The van der Waals surface area contributed by atoms with Crippen LogP contribution in [0, 0.1) is 6.92 Å². The van der Waals surface area contributed by atoms with E-state index in [9.17, 15) is 8.42 Å². The van der Waals surface area contributed by atoms with Crippen LogP contribution in [-0.4, -0.2) is 26.6 Å². The maximum Gasteiger partial charge on any atom is 0.300 e. The lowest BCUT2D eigenvalue weighted by atomic mass is 10.2. The fourth-order valence-corrected chi connectivity index (χ4v) is 1.46. The van der Waals surface area contributed by atoms with Gasteiger partial charge in [0.05, 0.1) is 12.0 Å². The smallest absolute Gasteiger partial charge is 0.300 e. The summed E-state index contributed by atoms with van der Waals surface area (Å²) >= 11 is 0. The highest BCUT2D eigenvalue weighted by Crippen LogP contribution is 2.11. The molecule has 0 saturated heterocycles. The Labute approximate surface area is 94.8 Å². The molecule has 1 aromatic carbocycles. The van der Waals surface area contributed by atoms with Crippen molar-refractivity contribution in [3.8, 4) is 0 Å². The van der Waals surface area contributed by atoms with Crippen molar-refractivity contribution in [2.45, 2.75) is 18.7 Å². The summed E-state index contributed by atoms with van der Waals surface area (Å²) in [4.78, 5) is 9.19. The SMILES string of the molecule is CC(=O)O.COS(=O)(=O)c1ccc(C)cc1. The molecule has 0 radical (unpaired) electrons. The molecule has 0 heterocycles. The van der Waals surface area contributed by atoms with Gasteiger partial charge in [-0.1, -0.05) is 17.7 Å². The normalized spacial score (nSPS) is 10.2. The zero-order chi connectivity index (χ0) is 12.8. The van der Waals surface area contributed by atoms with Gasteiger partial charge in [0.1, 0.15) is 0 Å². The lowest BCUT2D eigenvalue weighted by molar-refractivity contribution is -0.134. The van der Waals surface area contributed by atoms with Gasteiger partial charge in [-0.05, 0) is 19.1 Å². The summed E-state index contributed by atoms with van der Waals surface area (Å²) in [5.41, 5.74) is 1.02. The van der Waals surface area contributed by atoms with Crippen LogP contribution < -0.4 is 0 Å². The molecular formula is C10H14O5S. The molecule has 1 aromatic rings. The summed E-state index contributed by atoms with van der Waals surface area (Å²) in [6, 6.07) is 6.50. The predicted octanol–water partition coefficient (Wildman–Crippen LogP) is 1.42. The van der Waals surface area contributed by atoms with Crippen molar-refractivity contribution >= 4 is 16.1 Å². The van der Waals surface area contributed by atoms with Gasteiger partial charge in [0.2, 0.25) is 0 Å². The first-order chi connectivity index (χ1) is 7.29. The molecule has 0 aliphatic carbocycles. The minimum Gasteiger partial charge on any atom is -0.481 e. The minimum atomic E-state index is -3.51. The number of hydrogen-bond donors (Lipinski definition) is 1. The van der Waals surface area contributed by atoms with Gasteiger partial charge in [0, 0.05) is 6.92 Å². The van der Waals surface area contributed by atoms with Gasteiger partial charge in [-0.25, -0.2) is 0 Å². The van der Waals surface area contributed by atoms with Gasteiger partial charge < -0.3 is 5.11 Å². The molecule has 16 heavy (non-hydrogen) atoms. The van der Waals surface area contributed by atoms with Crippen LogP contribution in [0.25, 0.3) is 0 Å². The Morgan fingerprint density at radius 2 is 1.62 bits per heavy atom. The van der Waals surface area contributed by atoms with Crippen molar-refractivity contribution in [2.24, 2.45) is 0 Å². The fraction of sp³-hybridized carbons (Fsp3) is 0.300. The van der Waals surface area contributed by atoms with E-state index in [1.807, 2.05) is 6.92 Å². The van der Waals surface area contributed by atoms with E-state index in [-0.39, 0.29) is 4.90 Å². The highest BCUT2D eigenvalue weighted by molar-refractivity contribution is 7.86. The summed E-state index contributed by atoms with van der Waals surface area (Å²) < 4.78 is 26.5. The molecule has 1 N–H and O–H groups in total. The van der Waals surface area contributed by atoms with E-state index in [1.165, 1.54) is 12.1 Å². The van der Waals surface area contributed by atoms with Crippen molar-refractivity contribution in [2.75, 3.05) is 7.11 Å². The molecule has 6 heteroatoms. The van der Waals surface area contributed by atoms with Crippen LogP contribution in [-0.2, 0) is 19.1 Å². The largest absolute Gasteiger partial charge is 0.481 e. The number of carbonyl (C=O) groups is 1. The lowest BCUT2D eigenvalue weighted by Crippen LogP contribution is -2.02. The number of carboxylic acids is 1. The third kappa shape index (κ3) is 5.47. The standard InChI is InChI=1S/C8H10O3S.C2H4O2/c1-7-3-5-8(6-4-7)12(9,10)11-2;1-2(3)4/h3-6H,1-2H3;1H3,(H,3,4). The maximum atomic E-state index is 11.1. The Kier molecular flexibility index (Phi) is 5.69. The Hall–Kier alpha value is -1.40. The Bertz CT molecular complexity index is 429. The summed E-state index contributed by atoms with van der Waals surface area (Å²) in [5.74, 6) is -0.833. The lowest BCUT2D eigenvalue weighted by Gasteiger charge is -2.00. The van der Waals surface area contributed by atoms with Crippen LogP contribution in [0.5, 0.6) is 0 Å². The molecule has 1 rings (SSSR count). The molecule has 0 aliphatic rings. The van der Waals surface area contributed by atoms with Gasteiger partial charge in [-0.3, -0.25) is 8.98 Å². The number of benzene rings is 1. The van der Waals surface area contributed by atoms with E-state index in [2.05, 4.69) is 4.18 Å². The quantitative estimate of drug-likeness (QED) is 0.798. The second-order valence-electron chi connectivity index (χ2n) is 2.95. The van der Waals surface area contributed by atoms with Crippen LogP contribution >= 0.6 is 0 Å². The van der Waals surface area contributed by atoms with Crippen molar-refractivity contribution in [1.82, 2.24) is 0 Å². The Morgan fingerprint density at radius 3 is 1.94 bits per heavy atom. The van der Waals surface area contributed by atoms with E-state index >= 15 is 0 Å². The molecule has 0 unspecified atom stereocenters. The molecule has 0 saturated carbocycles. The predicted molar refractivity (Wildman–Crippen MR) is 58.7 cm³/mol. The third-order valence-electron chi connectivity index (χ3n) is 1.53. The third-order valence-corrected chi connectivity index (χ3v) is 2.82. The second kappa shape index (κ2) is 6.24. The molecule has 90 valence electrons. The van der Waals surface area contributed by atoms with Gasteiger partial charge in [0.15, 0.2) is 0 Å². The minimum absolute atomic E-state index is 0.190. The summed E-state index contributed by atoms with van der Waals surface area (Å²) in [5, 5.41) is 7.42. The van der Waals surface area contributed by atoms with Crippen LogP contribution in [0.1, 0.15) is 12.5 Å². The Balaban J connectivity index is 0.000000487. The highest BCUT2D eigenvalue weighted by atomic mass is 32.2. The van der Waals surface area contributed by atoms with E-state index < -0.39 is 16.1 Å². The number of carboxylic acid groups (broad SMARTS) is 1. The summed E-state index contributed by atoms with van der Waals surface area (Å²) in [7, 11) is -2.37. The average Bonchev–Trinajstić information content (AvgIpc) is 2.17. The number of rotatable bonds is 2. The monoisotopic (exact) mass is 246 g/mol. The molecule has 0 bridgehead atoms. The first-order valence-corrected chi connectivity index (χ1v) is 5.77. The number of aliphatic carboxylic acids is 1. The topological polar surface area (TPSA) is 80.7 Å². The maximum absolute atomic E-state index is 11.1. The highest BCUT2D eigenvalue weighted by Gasteiger charge is 2.10. The van der Waals surface area contributed by atoms with Crippen LogP contribution in [0.15, 0.2) is 29.2 Å². The Morgan fingerprint density at radius 1 is 1.25 bits per heavy atom. The molecule has 0 fully saturated rings. The zero-order valence-corrected chi connectivity index (χ0v) is 10.1. The first-order valence-electron chi connectivity index (χ1n) is 4.36. The molecule has 0 aromatic heterocycles. The first kappa shape index (κ1) is 14.6. The van der Waals surface area contributed by atoms with E-state index in [0.717, 1.165) is 19.6 Å². The number of hydrogen-bond acceptors (Lipinski definition) is 4. The molecule has 0 spiro atoms. The molecule has 0 atom stereocenters. The summed E-state index contributed by atoms with van der Waals surface area (Å²) in [6.45, 7) is 2.98. The number of aryl methyl sites for hydroxylation is 1. The van der Waals surface area contributed by atoms with E-state index in [0.29, 0.717) is 0 Å². The van der Waals surface area contributed by atoms with Crippen molar-refractivity contribution in [3.63, 3.8) is 0 Å². The zero-order valence-electron chi connectivity index (χ0n) is 9.30. The second-order valence-corrected chi connectivity index (χ2v) is 4.67. The van der Waals surface area contributed by atoms with E-state index in [1.54, 1.807) is 12.1 Å². The van der Waals surface area contributed by atoms with Crippen molar-refractivity contribution in [1.29, 1.82) is 0 Å². The van der Waals surface area contributed by atoms with Crippen LogP contribution in [0.4, 0.5) is 0 Å². The van der Waals surface area contributed by atoms with Gasteiger partial charge in [-0.15, -0.1) is 0 Å². The molecule has 0 aliphatic heterocycles. The van der Waals surface area contributed by atoms with Crippen LogP contribution in [0.2, 0.25) is 0 Å². The average molecular weight is 246 g/mol. The van der Waals surface area contributed by atoms with E-state index in [4.69, 9.17) is 9.90 Å². The summed E-state index contributed by atoms with van der Waals surface area (Å²) in [6.07, 6.45) is 0. The van der Waals surface area contributed by atoms with Crippen molar-refractivity contribution in [3.05, 3.63) is 29.8 Å². The van der Waals surface area contributed by atoms with Crippen molar-refractivity contribution < 1.29 is 22.5 Å². The fourth-order valence-electron chi connectivity index (χ4n) is 0.801.